The minimum Gasteiger partial charge on any atom is -0.310 e. The van der Waals surface area contributed by atoms with Crippen molar-refractivity contribution in [3.63, 3.8) is 0 Å². The van der Waals surface area contributed by atoms with E-state index in [1.807, 2.05) is 36.4 Å². The van der Waals surface area contributed by atoms with E-state index in [0.29, 0.717) is 19.6 Å². The molecule has 0 unspecified atom stereocenters. The summed E-state index contributed by atoms with van der Waals surface area (Å²) in [6.07, 6.45) is 0. The second kappa shape index (κ2) is 12.4. The van der Waals surface area contributed by atoms with Gasteiger partial charge < -0.3 is 9.80 Å². The molecular weight excluding hydrogens is 805 g/mol. The van der Waals surface area contributed by atoms with Gasteiger partial charge in [-0.1, -0.05) is 128 Å². The number of hydrogen-bond acceptors (Lipinski definition) is 6. The molecule has 0 amide bonds. The first-order valence-corrected chi connectivity index (χ1v) is 24.2. The third kappa shape index (κ3) is 4.91. The first-order chi connectivity index (χ1) is 29.3. The van der Waals surface area contributed by atoms with E-state index in [9.17, 15) is 16.8 Å². The largest absolute Gasteiger partial charge is 0.310 e. The molecule has 62 heavy (non-hydrogen) atoms. The molecule has 11 rings (SSSR count). The van der Waals surface area contributed by atoms with Gasteiger partial charge in [-0.3, -0.25) is 0 Å². The van der Waals surface area contributed by atoms with Crippen molar-refractivity contribution >= 4 is 53.8 Å². The fourth-order valence-corrected chi connectivity index (χ4v) is 15.1. The molecule has 0 spiro atoms. The molecule has 4 heterocycles. The molecule has 0 atom stereocenters. The second-order valence-electron chi connectivity index (χ2n) is 19.5. The first kappa shape index (κ1) is 38.9. The third-order valence-electron chi connectivity index (χ3n) is 14.6. The molecular formula is C54H48N2O4S2. The van der Waals surface area contributed by atoms with Crippen LogP contribution in [0.3, 0.4) is 0 Å². The standard InChI is InChI=1S/C54H48N2O4S2/c1-51(2)35-17-9-13-21-43(35)55(33-25-27-49-41(29-33)53(5,6)37-19-11-15-23-47(37)61(49,57)58)45-32-40-46(31-39(45)51)56(44-22-14-10-18-36(44)52(40,3)4)34-26-28-50-42(30-34)54(7,8)38-20-12-16-24-48(38)62(50,59)60/h9-32H,1-8H3. The molecule has 0 saturated heterocycles. The van der Waals surface area contributed by atoms with E-state index >= 15 is 0 Å². The van der Waals surface area contributed by atoms with Crippen LogP contribution in [0.5, 0.6) is 0 Å². The van der Waals surface area contributed by atoms with Gasteiger partial charge in [0.1, 0.15) is 0 Å². The molecule has 0 radical (unpaired) electrons. The lowest BCUT2D eigenvalue weighted by atomic mass is 9.68. The van der Waals surface area contributed by atoms with E-state index in [1.54, 1.807) is 36.4 Å². The van der Waals surface area contributed by atoms with Gasteiger partial charge >= 0.3 is 0 Å². The van der Waals surface area contributed by atoms with Gasteiger partial charge in [0.05, 0.1) is 42.3 Å². The SMILES string of the molecule is CC1(C)c2ccccc2N(c2ccc3c(c2)C(C)(C)c2ccccc2S3(=O)=O)c2cc3c(cc21)N(c1ccc2c(c1)C(C)(C)c1ccccc1S2(=O)=O)c1ccccc1C3(C)C. The Morgan fingerprint density at radius 1 is 0.306 bits per heavy atom. The van der Waals surface area contributed by atoms with Crippen LogP contribution in [0, 0.1) is 0 Å². The zero-order chi connectivity index (χ0) is 43.5. The highest BCUT2D eigenvalue weighted by atomic mass is 32.2. The number of fused-ring (bicyclic) bond motifs is 8. The Bertz CT molecular complexity index is 3140. The van der Waals surface area contributed by atoms with Gasteiger partial charge in [-0.2, -0.15) is 0 Å². The minimum absolute atomic E-state index is 0.346. The Morgan fingerprint density at radius 2 is 0.613 bits per heavy atom. The first-order valence-electron chi connectivity index (χ1n) is 21.3. The number of rotatable bonds is 2. The summed E-state index contributed by atoms with van der Waals surface area (Å²) >= 11 is 0. The Hall–Kier alpha value is -5.96. The van der Waals surface area contributed by atoms with Crippen LogP contribution in [0.1, 0.15) is 99.9 Å². The van der Waals surface area contributed by atoms with Gasteiger partial charge in [-0.15, -0.1) is 0 Å². The molecule has 6 nitrogen and oxygen atoms in total. The summed E-state index contributed by atoms with van der Waals surface area (Å²) in [4.78, 5) is 6.08. The molecule has 0 saturated carbocycles. The monoisotopic (exact) mass is 852 g/mol. The molecule has 7 aromatic rings. The molecule has 0 bridgehead atoms. The van der Waals surface area contributed by atoms with Crippen molar-refractivity contribution in [1.82, 2.24) is 0 Å². The quantitative estimate of drug-likeness (QED) is 0.172. The maximum atomic E-state index is 14.2. The topological polar surface area (TPSA) is 74.8 Å². The van der Waals surface area contributed by atoms with Crippen molar-refractivity contribution < 1.29 is 16.8 Å². The Morgan fingerprint density at radius 3 is 1.00 bits per heavy atom. The molecule has 4 aliphatic rings. The number of hydrogen-bond donors (Lipinski definition) is 0. The summed E-state index contributed by atoms with van der Waals surface area (Å²) in [6, 6.07) is 48.3. The summed E-state index contributed by atoms with van der Waals surface area (Å²) in [5, 5.41) is 0. The predicted octanol–water partition coefficient (Wildman–Crippen LogP) is 12.8. The lowest BCUT2D eigenvalue weighted by Gasteiger charge is -2.47. The lowest BCUT2D eigenvalue weighted by Crippen LogP contribution is -2.35. The zero-order valence-corrected chi connectivity index (χ0v) is 37.8. The average Bonchev–Trinajstić information content (AvgIpc) is 3.25. The zero-order valence-electron chi connectivity index (χ0n) is 36.2. The van der Waals surface area contributed by atoms with E-state index in [-0.39, 0.29) is 0 Å². The van der Waals surface area contributed by atoms with Crippen LogP contribution in [-0.4, -0.2) is 16.8 Å². The van der Waals surface area contributed by atoms with Crippen LogP contribution in [0.2, 0.25) is 0 Å². The van der Waals surface area contributed by atoms with Crippen molar-refractivity contribution in [1.29, 1.82) is 0 Å². The molecule has 4 aliphatic heterocycles. The molecule has 0 aliphatic carbocycles. The van der Waals surface area contributed by atoms with Gasteiger partial charge in [0.25, 0.3) is 0 Å². The normalized spacial score (nSPS) is 19.3. The molecule has 310 valence electrons. The van der Waals surface area contributed by atoms with E-state index in [2.05, 4.69) is 138 Å². The average molecular weight is 853 g/mol. The van der Waals surface area contributed by atoms with E-state index in [0.717, 1.165) is 78.6 Å². The molecule has 7 aromatic carbocycles. The van der Waals surface area contributed by atoms with Crippen LogP contribution in [-0.2, 0) is 41.3 Å². The van der Waals surface area contributed by atoms with Crippen LogP contribution >= 0.6 is 0 Å². The maximum Gasteiger partial charge on any atom is 0.207 e. The third-order valence-corrected chi connectivity index (χ3v) is 18.4. The maximum absolute atomic E-state index is 14.2. The Kier molecular flexibility index (Phi) is 7.76. The summed E-state index contributed by atoms with van der Waals surface area (Å²) in [5.41, 5.74) is 11.6. The highest BCUT2D eigenvalue weighted by molar-refractivity contribution is 7.92. The minimum atomic E-state index is -3.74. The lowest BCUT2D eigenvalue weighted by molar-refractivity contribution is 0.555. The molecule has 0 fully saturated rings. The summed E-state index contributed by atoms with van der Waals surface area (Å²) in [5.74, 6) is 0. The van der Waals surface area contributed by atoms with Gasteiger partial charge in [-0.25, -0.2) is 16.8 Å². The van der Waals surface area contributed by atoms with Gasteiger partial charge in [-0.05, 0) is 117 Å². The summed E-state index contributed by atoms with van der Waals surface area (Å²) in [6.45, 7) is 17.6. The van der Waals surface area contributed by atoms with Crippen LogP contribution in [0.25, 0.3) is 0 Å². The van der Waals surface area contributed by atoms with E-state index < -0.39 is 41.3 Å². The highest BCUT2D eigenvalue weighted by Gasteiger charge is 2.46. The number of nitrogens with zero attached hydrogens (tertiary/aromatic N) is 2. The van der Waals surface area contributed by atoms with Crippen molar-refractivity contribution in [2.75, 3.05) is 9.80 Å². The summed E-state index contributed by atoms with van der Waals surface area (Å²) < 4.78 is 56.7. The van der Waals surface area contributed by atoms with Crippen molar-refractivity contribution in [2.45, 2.75) is 96.6 Å². The van der Waals surface area contributed by atoms with E-state index in [1.165, 1.54) is 0 Å². The summed E-state index contributed by atoms with van der Waals surface area (Å²) in [7, 11) is -7.48. The second-order valence-corrected chi connectivity index (χ2v) is 23.2. The van der Waals surface area contributed by atoms with E-state index in [4.69, 9.17) is 0 Å². The number of sulfone groups is 2. The number of benzene rings is 7. The number of para-hydroxylation sites is 2. The van der Waals surface area contributed by atoms with Crippen LogP contribution < -0.4 is 9.80 Å². The fourth-order valence-electron chi connectivity index (χ4n) is 11.2. The highest BCUT2D eigenvalue weighted by Crippen LogP contribution is 2.60. The fraction of sp³-hybridized carbons (Fsp3) is 0.222. The Labute approximate surface area is 365 Å². The Balaban J connectivity index is 1.16. The van der Waals surface area contributed by atoms with Gasteiger partial charge in [0.2, 0.25) is 19.7 Å². The number of anilines is 6. The molecule has 0 aromatic heterocycles. The van der Waals surface area contributed by atoms with Crippen LogP contribution in [0.15, 0.2) is 165 Å². The van der Waals surface area contributed by atoms with Crippen molar-refractivity contribution in [2.24, 2.45) is 0 Å². The predicted molar refractivity (Wildman–Crippen MR) is 248 cm³/mol. The van der Waals surface area contributed by atoms with Crippen molar-refractivity contribution in [3.8, 4) is 0 Å². The van der Waals surface area contributed by atoms with Crippen LogP contribution in [0.4, 0.5) is 34.1 Å². The smallest absolute Gasteiger partial charge is 0.207 e. The van der Waals surface area contributed by atoms with Gasteiger partial charge in [0, 0.05) is 33.0 Å². The van der Waals surface area contributed by atoms with Crippen molar-refractivity contribution in [3.05, 3.63) is 190 Å². The van der Waals surface area contributed by atoms with Gasteiger partial charge in [0.15, 0.2) is 0 Å². The molecule has 8 heteroatoms. The molecule has 0 N–H and O–H groups in total.